The van der Waals surface area contributed by atoms with Gasteiger partial charge in [-0.15, -0.1) is 0 Å². The van der Waals surface area contributed by atoms with Gasteiger partial charge in [-0.05, 0) is 99.3 Å². The normalized spacial score (nSPS) is 14.8. The minimum Gasteiger partial charge on any atom is -0.269 e. The van der Waals surface area contributed by atoms with Crippen molar-refractivity contribution in [3.63, 3.8) is 0 Å². The molecule has 34 heavy (non-hydrogen) atoms. The summed E-state index contributed by atoms with van der Waals surface area (Å²) in [6.07, 6.45) is 18.8. The molecule has 0 aliphatic carbocycles. The van der Waals surface area contributed by atoms with E-state index >= 15 is 0 Å². The van der Waals surface area contributed by atoms with Crippen molar-refractivity contribution in [1.82, 2.24) is 0 Å². The van der Waals surface area contributed by atoms with Gasteiger partial charge in [-0.3, -0.25) is 4.99 Å². The summed E-state index contributed by atoms with van der Waals surface area (Å²) in [5.41, 5.74) is 9.77. The van der Waals surface area contributed by atoms with Crippen LogP contribution >= 0.6 is 0 Å². The van der Waals surface area contributed by atoms with Gasteiger partial charge in [0.05, 0.1) is 0 Å². The van der Waals surface area contributed by atoms with Crippen molar-refractivity contribution < 1.29 is 0 Å². The number of hydrogen-bond donors (Lipinski definition) is 0. The third kappa shape index (κ3) is 9.91. The summed E-state index contributed by atoms with van der Waals surface area (Å²) in [5.74, 6) is 0.555. The average molecular weight is 456 g/mol. The van der Waals surface area contributed by atoms with E-state index in [0.717, 1.165) is 24.0 Å². The number of nitrogens with zero attached hydrogens (tertiary/aromatic N) is 1. The lowest BCUT2D eigenvalue weighted by atomic mass is 9.86. The maximum Gasteiger partial charge on any atom is 0.0266 e. The zero-order chi connectivity index (χ0) is 25.5. The van der Waals surface area contributed by atoms with Gasteiger partial charge in [0.25, 0.3) is 0 Å². The van der Waals surface area contributed by atoms with Crippen LogP contribution in [-0.4, -0.2) is 6.21 Å². The molecule has 0 aromatic heterocycles. The standard InChI is InChI=1S/C33H45N/c1-10-14-25(5)22-26(6)23-28(8)31-16-18-32(19-17-31)29(9)24-33(30(12-3)15-11-2)27(7)20-21-34-13-4/h10,13-14,16-22,24,30H,6,8,11-12,15,23H2,1-5,7,9H3/b14-10-,21-20-,25-22-,29-24+,33-27-,34-13?. The van der Waals surface area contributed by atoms with E-state index in [1.54, 1.807) is 0 Å². The van der Waals surface area contributed by atoms with Crippen molar-refractivity contribution in [2.45, 2.75) is 74.1 Å². The van der Waals surface area contributed by atoms with Crippen LogP contribution in [0.15, 0.2) is 101 Å². The molecular weight excluding hydrogens is 410 g/mol. The average Bonchev–Trinajstić information content (AvgIpc) is 2.81. The molecule has 0 fully saturated rings. The molecule has 0 spiro atoms. The van der Waals surface area contributed by atoms with Crippen molar-refractivity contribution in [2.24, 2.45) is 10.9 Å². The van der Waals surface area contributed by atoms with E-state index in [4.69, 9.17) is 0 Å². The summed E-state index contributed by atoms with van der Waals surface area (Å²) >= 11 is 0. The zero-order valence-corrected chi connectivity index (χ0v) is 22.6. The van der Waals surface area contributed by atoms with Crippen LogP contribution in [-0.2, 0) is 0 Å². The molecule has 1 aromatic rings. The summed E-state index contributed by atoms with van der Waals surface area (Å²) < 4.78 is 0. The monoisotopic (exact) mass is 455 g/mol. The molecule has 0 aliphatic heterocycles. The number of allylic oxidation sites excluding steroid dienone is 11. The fourth-order valence-corrected chi connectivity index (χ4v) is 4.16. The van der Waals surface area contributed by atoms with E-state index in [1.165, 1.54) is 46.3 Å². The number of aliphatic imine (C=N–C) groups is 1. The van der Waals surface area contributed by atoms with Crippen LogP contribution in [0.25, 0.3) is 11.1 Å². The lowest BCUT2D eigenvalue weighted by Crippen LogP contribution is -2.04. The third-order valence-electron chi connectivity index (χ3n) is 6.01. The van der Waals surface area contributed by atoms with Crippen LogP contribution in [0.5, 0.6) is 0 Å². The highest BCUT2D eigenvalue weighted by Crippen LogP contribution is 2.30. The molecule has 0 saturated carbocycles. The van der Waals surface area contributed by atoms with Crippen molar-refractivity contribution >= 4 is 17.4 Å². The Bertz CT molecular complexity index is 987. The molecule has 182 valence electrons. The van der Waals surface area contributed by atoms with Gasteiger partial charge in [0.1, 0.15) is 0 Å². The largest absolute Gasteiger partial charge is 0.269 e. The second-order valence-corrected chi connectivity index (χ2v) is 8.99. The predicted molar refractivity (Wildman–Crippen MR) is 156 cm³/mol. The fourth-order valence-electron chi connectivity index (χ4n) is 4.16. The Morgan fingerprint density at radius 2 is 1.59 bits per heavy atom. The lowest BCUT2D eigenvalue weighted by Gasteiger charge is -2.19. The van der Waals surface area contributed by atoms with Crippen LogP contribution in [0, 0.1) is 5.92 Å². The second kappa shape index (κ2) is 15.8. The lowest BCUT2D eigenvalue weighted by molar-refractivity contribution is 0.541. The Labute approximate surface area is 209 Å². The van der Waals surface area contributed by atoms with Crippen LogP contribution in [0.2, 0.25) is 0 Å². The van der Waals surface area contributed by atoms with Crippen LogP contribution in [0.1, 0.15) is 85.3 Å². The highest BCUT2D eigenvalue weighted by molar-refractivity contribution is 5.71. The second-order valence-electron chi connectivity index (χ2n) is 8.99. The van der Waals surface area contributed by atoms with Gasteiger partial charge in [0.15, 0.2) is 0 Å². The van der Waals surface area contributed by atoms with Crippen molar-refractivity contribution in [2.75, 3.05) is 0 Å². The SMILES string of the molecule is C=C(/C=C(C)\C=C/C)CC(=C)c1ccc(/C(C)=C/C(=C(C)/C=C\N=CC)C(CC)CCC)cc1. The van der Waals surface area contributed by atoms with Gasteiger partial charge in [-0.1, -0.05) is 93.1 Å². The molecule has 0 bridgehead atoms. The van der Waals surface area contributed by atoms with Gasteiger partial charge >= 0.3 is 0 Å². The Balaban J connectivity index is 3.16. The molecule has 0 aliphatic rings. The summed E-state index contributed by atoms with van der Waals surface area (Å²) in [7, 11) is 0. The maximum absolute atomic E-state index is 4.31. The van der Waals surface area contributed by atoms with Crippen LogP contribution in [0.4, 0.5) is 0 Å². The van der Waals surface area contributed by atoms with Gasteiger partial charge in [0.2, 0.25) is 0 Å². The smallest absolute Gasteiger partial charge is 0.0266 e. The van der Waals surface area contributed by atoms with Crippen molar-refractivity contribution in [3.05, 3.63) is 107 Å². The van der Waals surface area contributed by atoms with E-state index in [-0.39, 0.29) is 0 Å². The minimum atomic E-state index is 0.555. The highest BCUT2D eigenvalue weighted by Gasteiger charge is 2.13. The Kier molecular flexibility index (Phi) is 13.5. The Morgan fingerprint density at radius 3 is 2.15 bits per heavy atom. The molecule has 1 heteroatoms. The molecule has 1 nitrogen and oxygen atoms in total. The van der Waals surface area contributed by atoms with Crippen LogP contribution < -0.4 is 0 Å². The first-order valence-corrected chi connectivity index (χ1v) is 12.6. The highest BCUT2D eigenvalue weighted by atomic mass is 14.6. The molecule has 0 heterocycles. The first kappa shape index (κ1) is 29.1. The topological polar surface area (TPSA) is 12.4 Å². The molecule has 1 unspecified atom stereocenters. The minimum absolute atomic E-state index is 0.555. The third-order valence-corrected chi connectivity index (χ3v) is 6.01. The molecular formula is C33H45N. The Hall–Kier alpha value is -2.93. The van der Waals surface area contributed by atoms with E-state index in [0.29, 0.717) is 5.92 Å². The first-order chi connectivity index (χ1) is 16.3. The molecule has 1 atom stereocenters. The molecule has 0 N–H and O–H groups in total. The maximum atomic E-state index is 4.31. The number of benzene rings is 1. The summed E-state index contributed by atoms with van der Waals surface area (Å²) in [4.78, 5) is 4.25. The summed E-state index contributed by atoms with van der Waals surface area (Å²) in [6, 6.07) is 8.78. The molecule has 0 saturated heterocycles. The van der Waals surface area contributed by atoms with Gasteiger partial charge in [-0.25, -0.2) is 0 Å². The predicted octanol–water partition coefficient (Wildman–Crippen LogP) is 10.3. The molecule has 0 radical (unpaired) electrons. The number of hydrogen-bond acceptors (Lipinski definition) is 1. The molecule has 1 rings (SSSR count). The van der Waals surface area contributed by atoms with E-state index in [1.807, 2.05) is 32.3 Å². The molecule has 1 aromatic carbocycles. The fraction of sp³-hybridized carbons (Fsp3) is 0.364. The first-order valence-electron chi connectivity index (χ1n) is 12.6. The quantitative estimate of drug-likeness (QED) is 0.207. The zero-order valence-electron chi connectivity index (χ0n) is 22.6. The van der Waals surface area contributed by atoms with Gasteiger partial charge in [-0.2, -0.15) is 0 Å². The van der Waals surface area contributed by atoms with E-state index < -0.39 is 0 Å². The van der Waals surface area contributed by atoms with Crippen molar-refractivity contribution in [1.29, 1.82) is 0 Å². The van der Waals surface area contributed by atoms with E-state index in [2.05, 4.69) is 101 Å². The summed E-state index contributed by atoms with van der Waals surface area (Å²) in [5, 5.41) is 0. The number of rotatable bonds is 13. The Morgan fingerprint density at radius 1 is 0.941 bits per heavy atom. The van der Waals surface area contributed by atoms with Gasteiger partial charge < -0.3 is 0 Å². The van der Waals surface area contributed by atoms with Crippen LogP contribution in [0.3, 0.4) is 0 Å². The van der Waals surface area contributed by atoms with Gasteiger partial charge in [0, 0.05) is 12.4 Å². The molecule has 0 amide bonds. The van der Waals surface area contributed by atoms with E-state index in [9.17, 15) is 0 Å². The summed E-state index contributed by atoms with van der Waals surface area (Å²) in [6.45, 7) is 23.5. The van der Waals surface area contributed by atoms with Crippen molar-refractivity contribution in [3.8, 4) is 0 Å².